The summed E-state index contributed by atoms with van der Waals surface area (Å²) in [6.45, 7) is 10.8. The van der Waals surface area contributed by atoms with E-state index < -0.39 is 12.0 Å². The standard InChI is InChI=1S/C24H35N5O4/c1-6-25-23(31)29-13-12-28(14-17(29)4)15-19-20(22(30)33-7-2)21(26-24(32)27(19)5)18-10-8-16(3)9-11-18/h8-11,17,21H,6-7,12-15H2,1-5H3,(H,25,31)(H,26,32)/t17-,21+/m1/s1. The topological polar surface area (TPSA) is 94.2 Å². The van der Waals surface area contributed by atoms with Crippen LogP contribution in [0.25, 0.3) is 0 Å². The number of ether oxygens (including phenoxy) is 1. The van der Waals surface area contributed by atoms with Crippen molar-refractivity contribution < 1.29 is 19.1 Å². The van der Waals surface area contributed by atoms with E-state index in [0.717, 1.165) is 11.1 Å². The fraction of sp³-hybridized carbons (Fsp3) is 0.542. The van der Waals surface area contributed by atoms with Crippen molar-refractivity contribution in [3.63, 3.8) is 0 Å². The van der Waals surface area contributed by atoms with Crippen LogP contribution in [0.5, 0.6) is 0 Å². The number of hydrogen-bond acceptors (Lipinski definition) is 5. The van der Waals surface area contributed by atoms with Crippen LogP contribution in [0.2, 0.25) is 0 Å². The van der Waals surface area contributed by atoms with Crippen LogP contribution in [0.15, 0.2) is 35.5 Å². The molecule has 0 saturated carbocycles. The first-order valence-corrected chi connectivity index (χ1v) is 11.5. The Kier molecular flexibility index (Phi) is 7.97. The maximum atomic E-state index is 13.1. The molecular weight excluding hydrogens is 422 g/mol. The third-order valence-electron chi connectivity index (χ3n) is 6.16. The molecule has 2 aliphatic rings. The molecule has 4 amide bonds. The van der Waals surface area contributed by atoms with Crippen molar-refractivity contribution in [3.8, 4) is 0 Å². The zero-order valence-corrected chi connectivity index (χ0v) is 20.2. The molecule has 0 radical (unpaired) electrons. The Bertz CT molecular complexity index is 914. The summed E-state index contributed by atoms with van der Waals surface area (Å²) in [6, 6.07) is 6.87. The van der Waals surface area contributed by atoms with Gasteiger partial charge < -0.3 is 20.3 Å². The molecule has 1 aromatic carbocycles. The van der Waals surface area contributed by atoms with Gasteiger partial charge in [-0.1, -0.05) is 29.8 Å². The van der Waals surface area contributed by atoms with Crippen molar-refractivity contribution in [2.45, 2.75) is 39.8 Å². The van der Waals surface area contributed by atoms with E-state index in [9.17, 15) is 14.4 Å². The normalized spacial score (nSPS) is 21.7. The maximum absolute atomic E-state index is 13.1. The molecule has 0 aromatic heterocycles. The molecule has 9 nitrogen and oxygen atoms in total. The van der Waals surface area contributed by atoms with Crippen molar-refractivity contribution in [2.24, 2.45) is 0 Å². The highest BCUT2D eigenvalue weighted by Crippen LogP contribution is 2.32. The van der Waals surface area contributed by atoms with Crippen LogP contribution in [0.4, 0.5) is 9.59 Å². The van der Waals surface area contributed by atoms with E-state index in [1.54, 1.807) is 14.0 Å². The number of nitrogens with one attached hydrogen (secondary N) is 2. The summed E-state index contributed by atoms with van der Waals surface area (Å²) in [4.78, 5) is 43.7. The van der Waals surface area contributed by atoms with Gasteiger partial charge in [0.05, 0.1) is 18.2 Å². The second-order valence-corrected chi connectivity index (χ2v) is 8.55. The number of esters is 1. The quantitative estimate of drug-likeness (QED) is 0.639. The third-order valence-corrected chi connectivity index (χ3v) is 6.16. The summed E-state index contributed by atoms with van der Waals surface area (Å²) in [5.74, 6) is -0.432. The van der Waals surface area contributed by atoms with Crippen molar-refractivity contribution in [2.75, 3.05) is 46.4 Å². The van der Waals surface area contributed by atoms with Crippen molar-refractivity contribution in [1.29, 1.82) is 0 Å². The molecule has 3 rings (SSSR count). The summed E-state index contributed by atoms with van der Waals surface area (Å²) < 4.78 is 5.40. The first-order valence-electron chi connectivity index (χ1n) is 11.5. The lowest BCUT2D eigenvalue weighted by atomic mass is 9.93. The van der Waals surface area contributed by atoms with Crippen LogP contribution in [-0.4, -0.2) is 85.2 Å². The highest BCUT2D eigenvalue weighted by molar-refractivity contribution is 5.95. The first-order chi connectivity index (χ1) is 15.8. The monoisotopic (exact) mass is 457 g/mol. The number of carbonyl (C=O) groups is 3. The molecule has 180 valence electrons. The summed E-state index contributed by atoms with van der Waals surface area (Å²) in [7, 11) is 1.67. The van der Waals surface area contributed by atoms with Crippen LogP contribution in [0.1, 0.15) is 37.9 Å². The van der Waals surface area contributed by atoms with E-state index >= 15 is 0 Å². The van der Waals surface area contributed by atoms with Crippen LogP contribution in [0, 0.1) is 6.92 Å². The van der Waals surface area contributed by atoms with Gasteiger partial charge >= 0.3 is 18.0 Å². The van der Waals surface area contributed by atoms with Gasteiger partial charge in [-0.2, -0.15) is 0 Å². The van der Waals surface area contributed by atoms with E-state index in [1.165, 1.54) is 4.90 Å². The minimum absolute atomic E-state index is 0.00700. The zero-order valence-electron chi connectivity index (χ0n) is 20.2. The van der Waals surface area contributed by atoms with Crippen LogP contribution < -0.4 is 10.6 Å². The Hall–Kier alpha value is -3.07. The van der Waals surface area contributed by atoms with Crippen LogP contribution in [-0.2, 0) is 9.53 Å². The number of carbonyl (C=O) groups excluding carboxylic acids is 3. The average Bonchev–Trinajstić information content (AvgIpc) is 2.77. The summed E-state index contributed by atoms with van der Waals surface area (Å²) >= 11 is 0. The SMILES string of the molecule is CCNC(=O)N1CCN(CC2=C(C(=O)OCC)[C@H](c3ccc(C)cc3)NC(=O)N2C)C[C@H]1C. The minimum atomic E-state index is -0.586. The number of urea groups is 2. The highest BCUT2D eigenvalue weighted by Gasteiger charge is 2.38. The second kappa shape index (κ2) is 10.7. The smallest absolute Gasteiger partial charge is 0.338 e. The van der Waals surface area contributed by atoms with E-state index in [2.05, 4.69) is 15.5 Å². The van der Waals surface area contributed by atoms with Crippen molar-refractivity contribution >= 4 is 18.0 Å². The molecule has 2 heterocycles. The molecule has 2 atom stereocenters. The van der Waals surface area contributed by atoms with Gasteiger partial charge in [0.2, 0.25) is 0 Å². The van der Waals surface area contributed by atoms with Gasteiger partial charge in [-0.3, -0.25) is 9.80 Å². The van der Waals surface area contributed by atoms with Crippen molar-refractivity contribution in [1.82, 2.24) is 25.3 Å². The molecule has 2 aliphatic heterocycles. The number of amides is 4. The molecule has 33 heavy (non-hydrogen) atoms. The molecule has 9 heteroatoms. The van der Waals surface area contributed by atoms with E-state index in [4.69, 9.17) is 4.74 Å². The summed E-state index contributed by atoms with van der Waals surface area (Å²) in [6.07, 6.45) is 0. The summed E-state index contributed by atoms with van der Waals surface area (Å²) in [5.41, 5.74) is 3.00. The Morgan fingerprint density at radius 3 is 2.48 bits per heavy atom. The van der Waals surface area contributed by atoms with Gasteiger partial charge in [-0.15, -0.1) is 0 Å². The molecule has 1 fully saturated rings. The largest absolute Gasteiger partial charge is 0.463 e. The lowest BCUT2D eigenvalue weighted by molar-refractivity contribution is -0.139. The maximum Gasteiger partial charge on any atom is 0.338 e. The van der Waals surface area contributed by atoms with E-state index in [1.807, 2.05) is 49.9 Å². The van der Waals surface area contributed by atoms with E-state index in [0.29, 0.717) is 44.0 Å². The number of piperazine rings is 1. The lowest BCUT2D eigenvalue weighted by Crippen LogP contribution is -2.57. The van der Waals surface area contributed by atoms with Gasteiger partial charge in [-0.25, -0.2) is 14.4 Å². The lowest BCUT2D eigenvalue weighted by Gasteiger charge is -2.42. The minimum Gasteiger partial charge on any atom is -0.463 e. The van der Waals surface area contributed by atoms with Crippen LogP contribution in [0.3, 0.4) is 0 Å². The average molecular weight is 458 g/mol. The molecule has 1 aromatic rings. The number of likely N-dealkylation sites (N-methyl/N-ethyl adjacent to an activating group) is 1. The molecule has 0 spiro atoms. The zero-order chi connectivity index (χ0) is 24.1. The van der Waals surface area contributed by atoms with E-state index in [-0.39, 0.29) is 24.7 Å². The number of benzene rings is 1. The Morgan fingerprint density at radius 1 is 1.18 bits per heavy atom. The number of aryl methyl sites for hydroxylation is 1. The highest BCUT2D eigenvalue weighted by atomic mass is 16.5. The molecule has 0 unspecified atom stereocenters. The number of nitrogens with zero attached hydrogens (tertiary/aromatic N) is 3. The molecule has 0 bridgehead atoms. The summed E-state index contributed by atoms with van der Waals surface area (Å²) in [5, 5.41) is 5.81. The van der Waals surface area contributed by atoms with Gasteiger partial charge in [0.1, 0.15) is 0 Å². The third kappa shape index (κ3) is 5.47. The Morgan fingerprint density at radius 2 is 1.88 bits per heavy atom. The second-order valence-electron chi connectivity index (χ2n) is 8.55. The molecule has 0 aliphatic carbocycles. The Balaban J connectivity index is 1.91. The Labute approximate surface area is 195 Å². The fourth-order valence-corrected chi connectivity index (χ4v) is 4.35. The van der Waals surface area contributed by atoms with Gasteiger partial charge in [0, 0.05) is 51.5 Å². The first kappa shape index (κ1) is 24.6. The predicted molar refractivity (Wildman–Crippen MR) is 126 cm³/mol. The number of rotatable bonds is 6. The molecule has 1 saturated heterocycles. The van der Waals surface area contributed by atoms with Crippen LogP contribution >= 0.6 is 0 Å². The molecule has 2 N–H and O–H groups in total. The molecular formula is C24H35N5O4. The number of hydrogen-bond donors (Lipinski definition) is 2. The van der Waals surface area contributed by atoms with Gasteiger partial charge in [0.15, 0.2) is 0 Å². The van der Waals surface area contributed by atoms with Gasteiger partial charge in [0.25, 0.3) is 0 Å². The predicted octanol–water partition coefficient (Wildman–Crippen LogP) is 2.24. The van der Waals surface area contributed by atoms with Crippen molar-refractivity contribution in [3.05, 3.63) is 46.7 Å². The fourth-order valence-electron chi connectivity index (χ4n) is 4.35. The van der Waals surface area contributed by atoms with Gasteiger partial charge in [-0.05, 0) is 33.3 Å².